The highest BCUT2D eigenvalue weighted by molar-refractivity contribution is 7.89. The van der Waals surface area contributed by atoms with Crippen molar-refractivity contribution in [3.05, 3.63) is 42.2 Å². The van der Waals surface area contributed by atoms with Crippen molar-refractivity contribution in [1.82, 2.24) is 14.3 Å². The molecule has 0 bridgehead atoms. The summed E-state index contributed by atoms with van der Waals surface area (Å²) in [5.74, 6) is 0.294. The van der Waals surface area contributed by atoms with Crippen LogP contribution in [0.5, 0.6) is 0 Å². The van der Waals surface area contributed by atoms with Crippen LogP contribution in [-0.4, -0.2) is 47.4 Å². The Bertz CT molecular complexity index is 929. The number of hydrogen-bond donors (Lipinski definition) is 1. The molecule has 3 rings (SSSR count). The van der Waals surface area contributed by atoms with Gasteiger partial charge in [-0.25, -0.2) is 22.7 Å². The van der Waals surface area contributed by atoms with Crippen LogP contribution in [0, 0.1) is 12.8 Å². The molecule has 1 aromatic carbocycles. The second kappa shape index (κ2) is 8.79. The Morgan fingerprint density at radius 2 is 2.00 bits per heavy atom. The van der Waals surface area contributed by atoms with Crippen LogP contribution in [0.2, 0.25) is 0 Å². The van der Waals surface area contributed by atoms with E-state index in [0.717, 1.165) is 11.3 Å². The van der Waals surface area contributed by atoms with E-state index in [0.29, 0.717) is 37.3 Å². The number of rotatable bonds is 6. The summed E-state index contributed by atoms with van der Waals surface area (Å²) in [6.45, 7) is 4.51. The largest absolute Gasteiger partial charge is 0.326 e. The number of aromatic nitrogens is 2. The number of anilines is 1. The molecule has 0 radical (unpaired) electrons. The highest BCUT2D eigenvalue weighted by Crippen LogP contribution is 2.23. The van der Waals surface area contributed by atoms with Crippen molar-refractivity contribution in [2.75, 3.05) is 24.2 Å². The second-order valence-electron chi connectivity index (χ2n) is 7.10. The molecule has 1 unspecified atom stereocenters. The van der Waals surface area contributed by atoms with Gasteiger partial charge in [-0.2, -0.15) is 0 Å². The monoisotopic (exact) mass is 402 g/mol. The first kappa shape index (κ1) is 20.4. The molecule has 150 valence electrons. The predicted molar refractivity (Wildman–Crippen MR) is 109 cm³/mol. The minimum absolute atomic E-state index is 0.129. The van der Waals surface area contributed by atoms with Gasteiger partial charge in [0.15, 0.2) is 5.82 Å². The van der Waals surface area contributed by atoms with Crippen LogP contribution < -0.4 is 5.32 Å². The highest BCUT2D eigenvalue weighted by atomic mass is 32.2. The molecule has 1 fully saturated rings. The fraction of sp³-hybridized carbons (Fsp3) is 0.450. The van der Waals surface area contributed by atoms with E-state index in [-0.39, 0.29) is 24.1 Å². The van der Waals surface area contributed by atoms with E-state index in [2.05, 4.69) is 15.3 Å². The summed E-state index contributed by atoms with van der Waals surface area (Å²) in [4.78, 5) is 21.3. The van der Waals surface area contributed by atoms with Crippen molar-refractivity contribution in [3.8, 4) is 11.4 Å². The third-order valence-corrected chi connectivity index (χ3v) is 6.86. The lowest BCUT2D eigenvalue weighted by Crippen LogP contribution is -2.44. The topological polar surface area (TPSA) is 92.3 Å². The van der Waals surface area contributed by atoms with Crippen molar-refractivity contribution in [3.63, 3.8) is 0 Å². The number of aryl methyl sites for hydroxylation is 1. The maximum atomic E-state index is 12.6. The molecule has 1 atom stereocenters. The number of carbonyl (C=O) groups excluding carboxylic acids is 1. The zero-order valence-electron chi connectivity index (χ0n) is 16.3. The molecule has 1 saturated heterocycles. The van der Waals surface area contributed by atoms with Crippen LogP contribution >= 0.6 is 0 Å². The summed E-state index contributed by atoms with van der Waals surface area (Å²) < 4.78 is 26.0. The van der Waals surface area contributed by atoms with Crippen LogP contribution in [0.3, 0.4) is 0 Å². The van der Waals surface area contributed by atoms with Crippen LogP contribution in [0.15, 0.2) is 36.5 Å². The van der Waals surface area contributed by atoms with E-state index < -0.39 is 10.0 Å². The van der Waals surface area contributed by atoms with E-state index in [1.807, 2.05) is 44.2 Å². The highest BCUT2D eigenvalue weighted by Gasteiger charge is 2.31. The van der Waals surface area contributed by atoms with Gasteiger partial charge in [-0.05, 0) is 56.5 Å². The Balaban J connectivity index is 1.64. The number of piperidine rings is 1. The molecule has 1 aliphatic rings. The molecule has 0 spiro atoms. The standard InChI is InChI=1S/C20H26N4O3S/c1-3-13-28(26,27)24-12-4-5-17(14-24)20(25)23-18-8-6-16(7-9-18)19-21-11-10-15(2)22-19/h6-11,17H,3-5,12-14H2,1-2H3,(H,23,25). The van der Waals surface area contributed by atoms with E-state index in [1.54, 1.807) is 6.20 Å². The van der Waals surface area contributed by atoms with Gasteiger partial charge in [-0.3, -0.25) is 4.79 Å². The summed E-state index contributed by atoms with van der Waals surface area (Å²) >= 11 is 0. The molecule has 1 amide bonds. The zero-order chi connectivity index (χ0) is 20.1. The van der Waals surface area contributed by atoms with E-state index in [1.165, 1.54) is 4.31 Å². The third kappa shape index (κ3) is 4.94. The molecule has 1 aliphatic heterocycles. The van der Waals surface area contributed by atoms with Gasteiger partial charge in [0, 0.05) is 36.2 Å². The molecule has 0 saturated carbocycles. The van der Waals surface area contributed by atoms with E-state index >= 15 is 0 Å². The first-order valence-corrected chi connectivity index (χ1v) is 11.2. The van der Waals surface area contributed by atoms with Gasteiger partial charge in [0.05, 0.1) is 11.7 Å². The van der Waals surface area contributed by atoms with Crippen molar-refractivity contribution in [2.45, 2.75) is 33.1 Å². The minimum atomic E-state index is -3.27. The first-order chi connectivity index (χ1) is 13.4. The fourth-order valence-corrected chi connectivity index (χ4v) is 4.92. The predicted octanol–water partition coefficient (Wildman–Crippen LogP) is 2.84. The van der Waals surface area contributed by atoms with Gasteiger partial charge in [0.25, 0.3) is 0 Å². The van der Waals surface area contributed by atoms with Crippen LogP contribution in [-0.2, 0) is 14.8 Å². The average Bonchev–Trinajstić information content (AvgIpc) is 2.68. The Hall–Kier alpha value is -2.32. The lowest BCUT2D eigenvalue weighted by atomic mass is 9.98. The molecule has 1 aromatic heterocycles. The summed E-state index contributed by atoms with van der Waals surface area (Å²) in [7, 11) is -3.27. The molecule has 2 heterocycles. The fourth-order valence-electron chi connectivity index (χ4n) is 3.33. The van der Waals surface area contributed by atoms with Crippen LogP contribution in [0.1, 0.15) is 31.9 Å². The Morgan fingerprint density at radius 3 is 2.68 bits per heavy atom. The number of benzene rings is 1. The van der Waals surface area contributed by atoms with Gasteiger partial charge in [0.1, 0.15) is 0 Å². The molecule has 7 nitrogen and oxygen atoms in total. The Labute approximate surface area is 166 Å². The second-order valence-corrected chi connectivity index (χ2v) is 9.19. The summed E-state index contributed by atoms with van der Waals surface area (Å²) in [5.41, 5.74) is 2.44. The molecule has 28 heavy (non-hydrogen) atoms. The number of sulfonamides is 1. The minimum Gasteiger partial charge on any atom is -0.326 e. The summed E-state index contributed by atoms with van der Waals surface area (Å²) in [6.07, 6.45) is 3.69. The number of carbonyl (C=O) groups is 1. The zero-order valence-corrected chi connectivity index (χ0v) is 17.1. The SMILES string of the molecule is CCCS(=O)(=O)N1CCCC(C(=O)Nc2ccc(-c3nccc(C)n3)cc2)C1. The maximum absolute atomic E-state index is 12.6. The van der Waals surface area contributed by atoms with Crippen molar-refractivity contribution in [1.29, 1.82) is 0 Å². The maximum Gasteiger partial charge on any atom is 0.228 e. The van der Waals surface area contributed by atoms with Gasteiger partial charge in [-0.15, -0.1) is 0 Å². The lowest BCUT2D eigenvalue weighted by Gasteiger charge is -2.31. The first-order valence-electron chi connectivity index (χ1n) is 9.58. The summed E-state index contributed by atoms with van der Waals surface area (Å²) in [5, 5.41) is 2.90. The lowest BCUT2D eigenvalue weighted by molar-refractivity contribution is -0.120. The quantitative estimate of drug-likeness (QED) is 0.802. The molecule has 0 aliphatic carbocycles. The molecule has 1 N–H and O–H groups in total. The van der Waals surface area contributed by atoms with Crippen LogP contribution in [0.4, 0.5) is 5.69 Å². The van der Waals surface area contributed by atoms with Crippen molar-refractivity contribution >= 4 is 21.6 Å². The van der Waals surface area contributed by atoms with Gasteiger partial charge in [-0.1, -0.05) is 6.92 Å². The molecule has 2 aromatic rings. The Kier molecular flexibility index (Phi) is 6.41. The normalized spacial score (nSPS) is 18.0. The molecular weight excluding hydrogens is 376 g/mol. The smallest absolute Gasteiger partial charge is 0.228 e. The Morgan fingerprint density at radius 1 is 1.25 bits per heavy atom. The van der Waals surface area contributed by atoms with E-state index in [9.17, 15) is 13.2 Å². The number of hydrogen-bond acceptors (Lipinski definition) is 5. The van der Waals surface area contributed by atoms with Crippen LogP contribution in [0.25, 0.3) is 11.4 Å². The van der Waals surface area contributed by atoms with Gasteiger partial charge < -0.3 is 5.32 Å². The van der Waals surface area contributed by atoms with Gasteiger partial charge in [0.2, 0.25) is 15.9 Å². The number of amides is 1. The molecular formula is C20H26N4O3S. The van der Waals surface area contributed by atoms with Gasteiger partial charge >= 0.3 is 0 Å². The average molecular weight is 403 g/mol. The van der Waals surface area contributed by atoms with E-state index in [4.69, 9.17) is 0 Å². The molecule has 8 heteroatoms. The number of nitrogens with zero attached hydrogens (tertiary/aromatic N) is 3. The van der Waals surface area contributed by atoms with Crippen molar-refractivity contribution in [2.24, 2.45) is 5.92 Å². The third-order valence-electron chi connectivity index (χ3n) is 4.82. The van der Waals surface area contributed by atoms with Crippen molar-refractivity contribution < 1.29 is 13.2 Å². The summed E-state index contributed by atoms with van der Waals surface area (Å²) in [6, 6.07) is 9.19. The number of nitrogens with one attached hydrogen (secondary N) is 1.